The van der Waals surface area contributed by atoms with E-state index in [-0.39, 0.29) is 11.5 Å². The molecule has 3 heterocycles. The van der Waals surface area contributed by atoms with Crippen molar-refractivity contribution in [2.24, 2.45) is 0 Å². The number of hydrogen-bond donors (Lipinski definition) is 1. The number of amides is 1. The van der Waals surface area contributed by atoms with E-state index in [0.29, 0.717) is 39.3 Å². The van der Waals surface area contributed by atoms with Gasteiger partial charge in [0, 0.05) is 19.3 Å². The van der Waals surface area contributed by atoms with E-state index in [1.807, 2.05) is 24.3 Å². The topological polar surface area (TPSA) is 66.7 Å². The number of aryl methyl sites for hydroxylation is 1. The van der Waals surface area contributed by atoms with Crippen molar-refractivity contribution in [1.29, 1.82) is 0 Å². The molecule has 0 aliphatic carbocycles. The van der Waals surface area contributed by atoms with Gasteiger partial charge in [-0.15, -0.1) is 6.58 Å². The highest BCUT2D eigenvalue weighted by atomic mass is 32.2. The summed E-state index contributed by atoms with van der Waals surface area (Å²) < 4.78 is 1.97. The molecule has 0 saturated carbocycles. The molecular formula is C24H22N4O2S2. The van der Waals surface area contributed by atoms with Crippen LogP contribution in [0.2, 0.25) is 0 Å². The Labute approximate surface area is 195 Å². The van der Waals surface area contributed by atoms with Crippen LogP contribution in [0.15, 0.2) is 77.1 Å². The summed E-state index contributed by atoms with van der Waals surface area (Å²) in [6.07, 6.45) is 6.60. The summed E-state index contributed by atoms with van der Waals surface area (Å²) in [6, 6.07) is 15.5. The number of rotatable bonds is 8. The number of hydrogen-bond acceptors (Lipinski definition) is 6. The van der Waals surface area contributed by atoms with Crippen LogP contribution in [0.1, 0.15) is 17.5 Å². The number of thiocarbonyl (C=S) groups is 1. The van der Waals surface area contributed by atoms with E-state index in [9.17, 15) is 9.59 Å². The van der Waals surface area contributed by atoms with Crippen molar-refractivity contribution in [3.05, 3.63) is 93.8 Å². The Bertz CT molecular complexity index is 1270. The number of anilines is 1. The Balaban J connectivity index is 1.59. The molecule has 0 atom stereocenters. The maximum absolute atomic E-state index is 13.1. The molecule has 0 spiro atoms. The van der Waals surface area contributed by atoms with E-state index in [4.69, 9.17) is 12.2 Å². The maximum atomic E-state index is 13.1. The minimum atomic E-state index is -0.253. The predicted octanol–water partition coefficient (Wildman–Crippen LogP) is 4.13. The first-order valence-corrected chi connectivity index (χ1v) is 11.5. The average molecular weight is 463 g/mol. The summed E-state index contributed by atoms with van der Waals surface area (Å²) in [4.78, 5) is 32.8. The Kier molecular flexibility index (Phi) is 6.82. The molecule has 2 aromatic heterocycles. The summed E-state index contributed by atoms with van der Waals surface area (Å²) in [5, 5.41) is 3.11. The minimum Gasteiger partial charge on any atom is -0.366 e. The molecule has 1 aliphatic heterocycles. The van der Waals surface area contributed by atoms with Crippen molar-refractivity contribution in [1.82, 2.24) is 14.3 Å². The second kappa shape index (κ2) is 9.93. The SMILES string of the molecule is C=CCNc1nc2ccccn2c(=O)c1/C=C1/SC(=S)N(CCCc2ccccc2)C1=O. The van der Waals surface area contributed by atoms with Gasteiger partial charge in [-0.05, 0) is 36.6 Å². The highest BCUT2D eigenvalue weighted by Gasteiger charge is 2.32. The standard InChI is InChI=1S/C24H22N4O2S2/c1-2-13-25-21-18(22(29)27-14-7-6-12-20(27)26-21)16-19-23(30)28(24(31)32-19)15-8-11-17-9-4-3-5-10-17/h2-7,9-10,12,14,16,25H,1,8,11,13,15H2/b19-16+. The van der Waals surface area contributed by atoms with Crippen LogP contribution in [0.25, 0.3) is 11.7 Å². The van der Waals surface area contributed by atoms with Gasteiger partial charge in [-0.1, -0.05) is 66.5 Å². The Morgan fingerprint density at radius 3 is 2.69 bits per heavy atom. The first kappa shape index (κ1) is 22.0. The third-order valence-corrected chi connectivity index (χ3v) is 6.40. The van der Waals surface area contributed by atoms with Gasteiger partial charge in [0.05, 0.1) is 10.5 Å². The third kappa shape index (κ3) is 4.66. The number of nitrogens with zero attached hydrogens (tertiary/aromatic N) is 3. The monoisotopic (exact) mass is 462 g/mol. The zero-order chi connectivity index (χ0) is 22.5. The van der Waals surface area contributed by atoms with Crippen LogP contribution in [0.4, 0.5) is 5.82 Å². The molecule has 8 heteroatoms. The lowest BCUT2D eigenvalue weighted by Crippen LogP contribution is -2.29. The van der Waals surface area contributed by atoms with Crippen molar-refractivity contribution in [3.8, 4) is 0 Å². The number of carbonyl (C=O) groups is 1. The number of nitrogens with one attached hydrogen (secondary N) is 1. The van der Waals surface area contributed by atoms with Crippen LogP contribution in [0, 0.1) is 0 Å². The van der Waals surface area contributed by atoms with E-state index >= 15 is 0 Å². The van der Waals surface area contributed by atoms with Gasteiger partial charge in [-0.2, -0.15) is 0 Å². The molecule has 1 N–H and O–H groups in total. The summed E-state index contributed by atoms with van der Waals surface area (Å²) >= 11 is 6.67. The van der Waals surface area contributed by atoms with E-state index in [1.165, 1.54) is 21.7 Å². The maximum Gasteiger partial charge on any atom is 0.267 e. The van der Waals surface area contributed by atoms with Crippen LogP contribution in [-0.2, 0) is 11.2 Å². The molecule has 32 heavy (non-hydrogen) atoms. The minimum absolute atomic E-state index is 0.180. The third-order valence-electron chi connectivity index (χ3n) is 5.02. The predicted molar refractivity (Wildman–Crippen MR) is 135 cm³/mol. The molecule has 0 radical (unpaired) electrons. The molecule has 4 rings (SSSR count). The van der Waals surface area contributed by atoms with Gasteiger partial charge in [0.15, 0.2) is 0 Å². The fourth-order valence-corrected chi connectivity index (χ4v) is 4.74. The van der Waals surface area contributed by atoms with E-state index in [0.717, 1.165) is 12.8 Å². The van der Waals surface area contributed by atoms with Crippen LogP contribution >= 0.6 is 24.0 Å². The van der Waals surface area contributed by atoms with Crippen molar-refractivity contribution < 1.29 is 4.79 Å². The largest absolute Gasteiger partial charge is 0.366 e. The van der Waals surface area contributed by atoms with Crippen molar-refractivity contribution in [3.63, 3.8) is 0 Å². The molecule has 6 nitrogen and oxygen atoms in total. The van der Waals surface area contributed by atoms with Gasteiger partial charge in [-0.25, -0.2) is 4.98 Å². The van der Waals surface area contributed by atoms with Crippen LogP contribution in [0.5, 0.6) is 0 Å². The molecule has 1 aromatic carbocycles. The van der Waals surface area contributed by atoms with Gasteiger partial charge in [-0.3, -0.25) is 18.9 Å². The van der Waals surface area contributed by atoms with Crippen molar-refractivity contribution in [2.75, 3.05) is 18.4 Å². The van der Waals surface area contributed by atoms with E-state index in [2.05, 4.69) is 29.0 Å². The molecule has 1 saturated heterocycles. The van der Waals surface area contributed by atoms with E-state index in [1.54, 1.807) is 35.4 Å². The van der Waals surface area contributed by atoms with Gasteiger partial charge >= 0.3 is 0 Å². The zero-order valence-electron chi connectivity index (χ0n) is 17.4. The number of pyridine rings is 1. The zero-order valence-corrected chi connectivity index (χ0v) is 19.0. The first-order valence-electron chi connectivity index (χ1n) is 10.2. The highest BCUT2D eigenvalue weighted by Crippen LogP contribution is 2.33. The van der Waals surface area contributed by atoms with Crippen molar-refractivity contribution >= 4 is 51.7 Å². The molecule has 0 bridgehead atoms. The fourth-order valence-electron chi connectivity index (χ4n) is 3.45. The number of benzene rings is 1. The number of fused-ring (bicyclic) bond motifs is 1. The first-order chi connectivity index (χ1) is 15.6. The molecule has 1 aliphatic rings. The molecular weight excluding hydrogens is 440 g/mol. The Morgan fingerprint density at radius 1 is 1.12 bits per heavy atom. The number of thioether (sulfide) groups is 1. The molecule has 3 aromatic rings. The summed E-state index contributed by atoms with van der Waals surface area (Å²) in [5.41, 5.74) is 1.81. The lowest BCUT2D eigenvalue weighted by molar-refractivity contribution is -0.122. The number of aromatic nitrogens is 2. The second-order valence-electron chi connectivity index (χ2n) is 7.20. The molecule has 1 amide bonds. The van der Waals surface area contributed by atoms with Gasteiger partial charge in [0.25, 0.3) is 11.5 Å². The van der Waals surface area contributed by atoms with Gasteiger partial charge < -0.3 is 5.32 Å². The van der Waals surface area contributed by atoms with Crippen LogP contribution in [-0.4, -0.2) is 37.6 Å². The van der Waals surface area contributed by atoms with Gasteiger partial charge in [0.2, 0.25) is 0 Å². The molecule has 162 valence electrons. The lowest BCUT2D eigenvalue weighted by atomic mass is 10.1. The summed E-state index contributed by atoms with van der Waals surface area (Å²) in [7, 11) is 0. The molecule has 0 unspecified atom stereocenters. The highest BCUT2D eigenvalue weighted by molar-refractivity contribution is 8.26. The smallest absolute Gasteiger partial charge is 0.267 e. The van der Waals surface area contributed by atoms with Crippen molar-refractivity contribution in [2.45, 2.75) is 12.8 Å². The Hall–Kier alpha value is -3.23. The number of carbonyl (C=O) groups excluding carboxylic acids is 1. The van der Waals surface area contributed by atoms with Crippen LogP contribution in [0.3, 0.4) is 0 Å². The Morgan fingerprint density at radius 2 is 1.91 bits per heavy atom. The average Bonchev–Trinajstić information content (AvgIpc) is 3.08. The second-order valence-corrected chi connectivity index (χ2v) is 8.88. The normalized spacial score (nSPS) is 15.0. The van der Waals surface area contributed by atoms with Gasteiger partial charge in [0.1, 0.15) is 15.8 Å². The quantitative estimate of drug-likeness (QED) is 0.309. The summed E-state index contributed by atoms with van der Waals surface area (Å²) in [5.74, 6) is 0.232. The van der Waals surface area contributed by atoms with Crippen LogP contribution < -0.4 is 10.9 Å². The fraction of sp³-hybridized carbons (Fsp3) is 0.167. The lowest BCUT2D eigenvalue weighted by Gasteiger charge is -2.14. The van der Waals surface area contributed by atoms with E-state index < -0.39 is 0 Å². The molecule has 1 fully saturated rings. The summed E-state index contributed by atoms with van der Waals surface area (Å²) in [6.45, 7) is 4.68.